The zero-order chi connectivity index (χ0) is 16.5. The van der Waals surface area contributed by atoms with Gasteiger partial charge in [-0.25, -0.2) is 4.79 Å². The SMILES string of the molecule is NC(c1cc(Cl)c(Cl)cc1OC(=O)C(F)(F)F)C1CCNC1. The molecule has 1 aromatic rings. The molecule has 0 aliphatic carbocycles. The van der Waals surface area contributed by atoms with E-state index in [0.717, 1.165) is 19.0 Å². The largest absolute Gasteiger partial charge is 0.491 e. The van der Waals surface area contributed by atoms with Crippen LogP contribution in [0.2, 0.25) is 10.0 Å². The highest BCUT2D eigenvalue weighted by molar-refractivity contribution is 6.42. The Labute approximate surface area is 134 Å². The molecule has 1 aliphatic rings. The van der Waals surface area contributed by atoms with Crippen molar-refractivity contribution in [2.75, 3.05) is 13.1 Å². The molecule has 4 nitrogen and oxygen atoms in total. The zero-order valence-electron chi connectivity index (χ0n) is 11.2. The molecular weight excluding hydrogens is 344 g/mol. The Morgan fingerprint density at radius 2 is 2.00 bits per heavy atom. The van der Waals surface area contributed by atoms with Crippen molar-refractivity contribution in [1.29, 1.82) is 0 Å². The number of halogens is 5. The Morgan fingerprint density at radius 3 is 2.55 bits per heavy atom. The number of ether oxygens (including phenoxy) is 1. The van der Waals surface area contributed by atoms with Gasteiger partial charge in [0.1, 0.15) is 5.75 Å². The van der Waals surface area contributed by atoms with Crippen LogP contribution in [0.3, 0.4) is 0 Å². The summed E-state index contributed by atoms with van der Waals surface area (Å²) in [7, 11) is 0. The predicted molar refractivity (Wildman–Crippen MR) is 76.1 cm³/mol. The van der Waals surface area contributed by atoms with E-state index < -0.39 is 18.2 Å². The van der Waals surface area contributed by atoms with Gasteiger partial charge in [-0.2, -0.15) is 13.2 Å². The average Bonchev–Trinajstić information content (AvgIpc) is 2.94. The van der Waals surface area contributed by atoms with Crippen molar-refractivity contribution in [1.82, 2.24) is 5.32 Å². The summed E-state index contributed by atoms with van der Waals surface area (Å²) in [4.78, 5) is 11.0. The zero-order valence-corrected chi connectivity index (χ0v) is 12.7. The van der Waals surface area contributed by atoms with Crippen LogP contribution in [0.25, 0.3) is 0 Å². The van der Waals surface area contributed by atoms with Gasteiger partial charge in [-0.15, -0.1) is 0 Å². The number of hydrogen-bond donors (Lipinski definition) is 2. The number of rotatable bonds is 3. The van der Waals surface area contributed by atoms with E-state index in [0.29, 0.717) is 6.54 Å². The summed E-state index contributed by atoms with van der Waals surface area (Å²) in [6, 6.07) is 1.79. The first kappa shape index (κ1) is 17.3. The van der Waals surface area contributed by atoms with Crippen molar-refractivity contribution >= 4 is 29.2 Å². The third-order valence-electron chi connectivity index (χ3n) is 3.45. The van der Waals surface area contributed by atoms with Crippen LogP contribution in [0.15, 0.2) is 12.1 Å². The van der Waals surface area contributed by atoms with E-state index in [-0.39, 0.29) is 27.3 Å². The Hall–Kier alpha value is -1.02. The summed E-state index contributed by atoms with van der Waals surface area (Å²) in [5, 5.41) is 3.22. The number of nitrogens with one attached hydrogen (secondary N) is 1. The molecule has 22 heavy (non-hydrogen) atoms. The standard InChI is InChI=1S/C13H13Cl2F3N2O2/c14-8-3-7(11(19)6-1-2-20-5-6)10(4-9(8)15)22-12(21)13(16,17)18/h3-4,6,11,20H,1-2,5,19H2. The van der Waals surface area contributed by atoms with E-state index in [1.165, 1.54) is 6.07 Å². The molecule has 3 N–H and O–H groups in total. The molecule has 1 aromatic carbocycles. The van der Waals surface area contributed by atoms with E-state index in [9.17, 15) is 18.0 Å². The van der Waals surface area contributed by atoms with Crippen LogP contribution in [-0.4, -0.2) is 25.2 Å². The predicted octanol–water partition coefficient (Wildman–Crippen LogP) is 3.07. The number of carbonyl (C=O) groups excluding carboxylic acids is 1. The summed E-state index contributed by atoms with van der Waals surface area (Å²) in [6.45, 7) is 1.38. The minimum Gasteiger partial charge on any atom is -0.419 e. The van der Waals surface area contributed by atoms with Crippen molar-refractivity contribution in [3.05, 3.63) is 27.7 Å². The first-order valence-electron chi connectivity index (χ1n) is 6.44. The van der Waals surface area contributed by atoms with Gasteiger partial charge in [0.2, 0.25) is 0 Å². The van der Waals surface area contributed by atoms with Gasteiger partial charge in [0, 0.05) is 17.7 Å². The second kappa shape index (κ2) is 6.62. The first-order valence-corrected chi connectivity index (χ1v) is 7.20. The van der Waals surface area contributed by atoms with Crippen LogP contribution in [0.4, 0.5) is 13.2 Å². The van der Waals surface area contributed by atoms with Crippen molar-refractivity contribution < 1.29 is 22.7 Å². The molecule has 0 amide bonds. The summed E-state index contributed by atoms with van der Waals surface area (Å²) < 4.78 is 41.5. The molecule has 1 aliphatic heterocycles. The van der Waals surface area contributed by atoms with Gasteiger partial charge in [-0.05, 0) is 31.5 Å². The smallest absolute Gasteiger partial charge is 0.419 e. The Balaban J connectivity index is 2.34. The molecule has 2 rings (SSSR count). The van der Waals surface area contributed by atoms with E-state index in [2.05, 4.69) is 10.1 Å². The minimum absolute atomic E-state index is 0.000538. The molecule has 1 saturated heterocycles. The number of hydrogen-bond acceptors (Lipinski definition) is 4. The van der Waals surface area contributed by atoms with Crippen LogP contribution in [-0.2, 0) is 4.79 Å². The van der Waals surface area contributed by atoms with Gasteiger partial charge in [-0.1, -0.05) is 23.2 Å². The number of nitrogens with two attached hydrogens (primary N) is 1. The maximum absolute atomic E-state index is 12.4. The lowest BCUT2D eigenvalue weighted by Gasteiger charge is -2.22. The molecule has 1 heterocycles. The van der Waals surface area contributed by atoms with E-state index in [1.54, 1.807) is 0 Å². The fourth-order valence-electron chi connectivity index (χ4n) is 2.29. The fourth-order valence-corrected chi connectivity index (χ4v) is 2.61. The monoisotopic (exact) mass is 356 g/mol. The molecule has 0 spiro atoms. The quantitative estimate of drug-likeness (QED) is 0.645. The molecule has 0 radical (unpaired) electrons. The molecule has 1 fully saturated rings. The van der Waals surface area contributed by atoms with Crippen LogP contribution in [0.5, 0.6) is 5.75 Å². The first-order chi connectivity index (χ1) is 10.2. The molecule has 0 bridgehead atoms. The highest BCUT2D eigenvalue weighted by Gasteiger charge is 2.42. The molecular formula is C13H13Cl2F3N2O2. The van der Waals surface area contributed by atoms with Crippen LogP contribution >= 0.6 is 23.2 Å². The average molecular weight is 357 g/mol. The summed E-state index contributed by atoms with van der Waals surface area (Å²) >= 11 is 11.7. The lowest BCUT2D eigenvalue weighted by atomic mass is 9.92. The number of alkyl halides is 3. The van der Waals surface area contributed by atoms with E-state index >= 15 is 0 Å². The van der Waals surface area contributed by atoms with Crippen LogP contribution in [0.1, 0.15) is 18.0 Å². The Morgan fingerprint density at radius 1 is 1.36 bits per heavy atom. The van der Waals surface area contributed by atoms with Crippen LogP contribution < -0.4 is 15.8 Å². The third-order valence-corrected chi connectivity index (χ3v) is 4.17. The van der Waals surface area contributed by atoms with Gasteiger partial charge < -0.3 is 15.8 Å². The maximum atomic E-state index is 12.4. The van der Waals surface area contributed by atoms with E-state index in [1.807, 2.05) is 0 Å². The van der Waals surface area contributed by atoms with Gasteiger partial charge in [0.05, 0.1) is 10.0 Å². The highest BCUT2D eigenvalue weighted by atomic mass is 35.5. The van der Waals surface area contributed by atoms with E-state index in [4.69, 9.17) is 28.9 Å². The maximum Gasteiger partial charge on any atom is 0.491 e. The van der Waals surface area contributed by atoms with Gasteiger partial charge in [0.15, 0.2) is 0 Å². The summed E-state index contributed by atoms with van der Waals surface area (Å²) in [6.07, 6.45) is -4.35. The third kappa shape index (κ3) is 3.84. The molecule has 2 atom stereocenters. The number of carbonyl (C=O) groups is 1. The fraction of sp³-hybridized carbons (Fsp3) is 0.462. The van der Waals surface area contributed by atoms with Crippen molar-refractivity contribution in [2.24, 2.45) is 11.7 Å². The minimum atomic E-state index is -5.11. The second-order valence-electron chi connectivity index (χ2n) is 4.97. The molecule has 0 aromatic heterocycles. The van der Waals surface area contributed by atoms with Gasteiger partial charge >= 0.3 is 12.1 Å². The lowest BCUT2D eigenvalue weighted by Crippen LogP contribution is -2.30. The molecule has 2 unspecified atom stereocenters. The van der Waals surface area contributed by atoms with Crippen molar-refractivity contribution in [3.8, 4) is 5.75 Å². The summed E-state index contributed by atoms with van der Waals surface area (Å²) in [5.74, 6) is -2.65. The Kier molecular flexibility index (Phi) is 5.21. The highest BCUT2D eigenvalue weighted by Crippen LogP contribution is 2.37. The van der Waals surface area contributed by atoms with Crippen molar-refractivity contribution in [3.63, 3.8) is 0 Å². The number of benzene rings is 1. The topological polar surface area (TPSA) is 64.3 Å². The van der Waals surface area contributed by atoms with Crippen molar-refractivity contribution in [2.45, 2.75) is 18.6 Å². The normalized spacial score (nSPS) is 20.0. The second-order valence-corrected chi connectivity index (χ2v) is 5.78. The van der Waals surface area contributed by atoms with Gasteiger partial charge in [-0.3, -0.25) is 0 Å². The Bertz CT molecular complexity index is 575. The molecule has 9 heteroatoms. The summed E-state index contributed by atoms with van der Waals surface area (Å²) in [5.41, 5.74) is 6.31. The van der Waals surface area contributed by atoms with Crippen LogP contribution in [0, 0.1) is 5.92 Å². The molecule has 122 valence electrons. The lowest BCUT2D eigenvalue weighted by molar-refractivity contribution is -0.189. The molecule has 0 saturated carbocycles. The van der Waals surface area contributed by atoms with Gasteiger partial charge in [0.25, 0.3) is 0 Å². The number of esters is 1.